The Kier molecular flexibility index (Phi) is 8.07. The molecule has 0 aliphatic heterocycles. The van der Waals surface area contributed by atoms with Crippen LogP contribution in [0.3, 0.4) is 0 Å². The first kappa shape index (κ1) is 32.4. The van der Waals surface area contributed by atoms with E-state index in [2.05, 4.69) is 39.3 Å². The summed E-state index contributed by atoms with van der Waals surface area (Å²) in [6, 6.07) is 0. The zero-order valence-corrected chi connectivity index (χ0v) is 29.2. The molecule has 8 aliphatic carbocycles. The van der Waals surface area contributed by atoms with Crippen molar-refractivity contribution in [1.82, 2.24) is 0 Å². The molecule has 10 atom stereocenters. The largest absolute Gasteiger partial charge is 0.377 e. The van der Waals surface area contributed by atoms with Crippen LogP contribution in [-0.2, 0) is 9.59 Å². The van der Waals surface area contributed by atoms with Crippen molar-refractivity contribution >= 4 is 11.6 Å². The average Bonchev–Trinajstić information content (AvgIpc) is 3.52. The van der Waals surface area contributed by atoms with Gasteiger partial charge in [-0.05, 0) is 168 Å². The van der Waals surface area contributed by atoms with Crippen LogP contribution in [-0.4, -0.2) is 22.3 Å². The van der Waals surface area contributed by atoms with E-state index < -0.39 is 5.60 Å². The lowest BCUT2D eigenvalue weighted by molar-refractivity contribution is -0.134. The Morgan fingerprint density at radius 1 is 1.00 bits per heavy atom. The zero-order chi connectivity index (χ0) is 32.6. The van der Waals surface area contributed by atoms with Gasteiger partial charge in [-0.2, -0.15) is 0 Å². The number of fused-ring (bicyclic) bond motifs is 9. The molecule has 0 heterocycles. The summed E-state index contributed by atoms with van der Waals surface area (Å²) >= 11 is 0. The van der Waals surface area contributed by atoms with E-state index in [0.717, 1.165) is 63.7 Å². The van der Waals surface area contributed by atoms with Crippen molar-refractivity contribution in [3.05, 3.63) is 46.6 Å². The lowest BCUT2D eigenvalue weighted by atomic mass is 9.48. The summed E-state index contributed by atoms with van der Waals surface area (Å²) in [6.45, 7) is 13.2. The summed E-state index contributed by atoms with van der Waals surface area (Å²) < 4.78 is 0. The molecule has 0 unspecified atom stereocenters. The highest BCUT2D eigenvalue weighted by atomic mass is 16.3. The average molecular weight is 623 g/mol. The molecule has 46 heavy (non-hydrogen) atoms. The maximum atomic E-state index is 12.4. The van der Waals surface area contributed by atoms with Gasteiger partial charge in [0.1, 0.15) is 11.4 Å². The summed E-state index contributed by atoms with van der Waals surface area (Å²) in [5.41, 5.74) is 6.63. The van der Waals surface area contributed by atoms with Crippen LogP contribution < -0.4 is 0 Å². The molecule has 8 rings (SSSR count). The Morgan fingerprint density at radius 3 is 2.52 bits per heavy atom. The Balaban J connectivity index is 0.000000147. The first-order valence-corrected chi connectivity index (χ1v) is 19.0. The summed E-state index contributed by atoms with van der Waals surface area (Å²) in [4.78, 5) is 24.1. The van der Waals surface area contributed by atoms with Gasteiger partial charge in [0.15, 0.2) is 5.78 Å². The molecule has 8 aliphatic rings. The van der Waals surface area contributed by atoms with Crippen molar-refractivity contribution in [3.63, 3.8) is 0 Å². The molecular weight excluding hydrogens is 564 g/mol. The lowest BCUT2D eigenvalue weighted by Crippen LogP contribution is -2.54. The Morgan fingerprint density at radius 2 is 1.78 bits per heavy atom. The number of Topliss-reactive ketones (excluding diaryl/α,β-unsaturated/α-hetero) is 1. The van der Waals surface area contributed by atoms with Crippen molar-refractivity contribution in [1.29, 1.82) is 0 Å². The maximum absolute atomic E-state index is 12.4. The van der Waals surface area contributed by atoms with Crippen LogP contribution in [0.25, 0.3) is 0 Å². The van der Waals surface area contributed by atoms with Crippen molar-refractivity contribution in [3.8, 4) is 12.3 Å². The Bertz CT molecular complexity index is 1470. The van der Waals surface area contributed by atoms with E-state index in [9.17, 15) is 14.7 Å². The minimum atomic E-state index is -0.914. The number of hydrogen-bond donors (Lipinski definition) is 1. The van der Waals surface area contributed by atoms with Gasteiger partial charge in [0.05, 0.1) is 0 Å². The smallest absolute Gasteiger partial charge is 0.156 e. The minimum Gasteiger partial charge on any atom is -0.377 e. The zero-order valence-electron chi connectivity index (χ0n) is 29.2. The third-order valence-corrected chi connectivity index (χ3v) is 16.1. The number of allylic oxidation sites excluding steroid dienone is 7. The number of carbonyl (C=O) groups excluding carboxylic acids is 2. The van der Waals surface area contributed by atoms with Crippen LogP contribution in [0.1, 0.15) is 137 Å². The van der Waals surface area contributed by atoms with E-state index in [1.165, 1.54) is 61.7 Å². The summed E-state index contributed by atoms with van der Waals surface area (Å²) in [5.74, 6) is 7.51. The van der Waals surface area contributed by atoms with Crippen LogP contribution in [0.4, 0.5) is 0 Å². The molecule has 0 aromatic rings. The summed E-state index contributed by atoms with van der Waals surface area (Å²) in [5, 5.41) is 11.2. The second-order valence-electron chi connectivity index (χ2n) is 17.3. The standard InChI is InChI=1S/C22H30O.C21H28O2/c1-4-21-14-15(3)20-17-9-7-6-8-16(17)10-11-18(20)19(21)12-13-22(21,23)5-2;1-13(22)20(2)11-9-19-18-6-4-14-12-15(23)5-7-16(14)17(18)8-10-21(19,20)3/h2,8,17-20,23H,3-4,6-7,9-14H2,1H3;12,18-19H,4-11H2,1-3H3/t17-,18-,19-,20+,21-,22-;18-,19+,20-,21+/m01/s1. The van der Waals surface area contributed by atoms with Gasteiger partial charge in [-0.25, -0.2) is 0 Å². The molecule has 0 bridgehead atoms. The highest BCUT2D eigenvalue weighted by Crippen LogP contribution is 2.68. The molecule has 0 radical (unpaired) electrons. The van der Waals surface area contributed by atoms with E-state index in [4.69, 9.17) is 6.42 Å². The fourth-order valence-corrected chi connectivity index (χ4v) is 13.4. The maximum Gasteiger partial charge on any atom is 0.156 e. The number of rotatable bonds is 2. The Hall–Kier alpha value is -2.18. The first-order chi connectivity index (χ1) is 21.9. The van der Waals surface area contributed by atoms with Gasteiger partial charge in [0.25, 0.3) is 0 Å². The van der Waals surface area contributed by atoms with E-state index in [1.54, 1.807) is 18.1 Å². The molecule has 5 fully saturated rings. The SMILES string of the molecule is C#C[C@]1(O)CC[C@H]2[C@@H]3CCC4=CCCC[C@@H]4[C@H]3C(=C)C[C@@]21CC.CC(=O)[C@@]1(C)CC[C@H]2[C@@H]3CCC4=CC(=O)CCC4=C3CC[C@@]21C. The second kappa shape index (κ2) is 11.5. The van der Waals surface area contributed by atoms with Gasteiger partial charge in [-0.3, -0.25) is 9.59 Å². The van der Waals surface area contributed by atoms with Gasteiger partial charge in [0.2, 0.25) is 0 Å². The van der Waals surface area contributed by atoms with Crippen molar-refractivity contribution < 1.29 is 14.7 Å². The monoisotopic (exact) mass is 622 g/mol. The fraction of sp³-hybridized carbons (Fsp3) is 0.721. The lowest BCUT2D eigenvalue weighted by Gasteiger charge is -2.56. The highest BCUT2D eigenvalue weighted by Gasteiger charge is 2.64. The summed E-state index contributed by atoms with van der Waals surface area (Å²) in [6.07, 6.45) is 29.0. The van der Waals surface area contributed by atoms with E-state index in [0.29, 0.717) is 47.6 Å². The quantitative estimate of drug-likeness (QED) is 0.246. The molecule has 0 saturated heterocycles. The van der Waals surface area contributed by atoms with Gasteiger partial charge >= 0.3 is 0 Å². The topological polar surface area (TPSA) is 54.4 Å². The molecule has 0 amide bonds. The van der Waals surface area contributed by atoms with Gasteiger partial charge < -0.3 is 5.11 Å². The predicted octanol–water partition coefficient (Wildman–Crippen LogP) is 9.66. The normalized spacial score (nSPS) is 45.7. The molecule has 3 nitrogen and oxygen atoms in total. The van der Waals surface area contributed by atoms with Crippen LogP contribution in [0, 0.1) is 64.1 Å². The number of aliphatic hydroxyl groups is 1. The van der Waals surface area contributed by atoms with Gasteiger partial charge in [-0.1, -0.05) is 56.1 Å². The Labute approximate surface area is 278 Å². The third-order valence-electron chi connectivity index (χ3n) is 16.1. The highest BCUT2D eigenvalue weighted by molar-refractivity contribution is 5.93. The third kappa shape index (κ3) is 4.47. The molecule has 3 heteroatoms. The number of ketones is 2. The molecule has 0 aromatic carbocycles. The van der Waals surface area contributed by atoms with Crippen LogP contribution in [0.15, 0.2) is 46.6 Å². The van der Waals surface area contributed by atoms with E-state index >= 15 is 0 Å². The van der Waals surface area contributed by atoms with E-state index in [1.807, 2.05) is 6.08 Å². The molecular formula is C43H58O3. The number of carbonyl (C=O) groups is 2. The molecule has 248 valence electrons. The van der Waals surface area contributed by atoms with Crippen molar-refractivity contribution in [2.45, 2.75) is 142 Å². The van der Waals surface area contributed by atoms with Crippen molar-refractivity contribution in [2.75, 3.05) is 0 Å². The molecule has 0 aromatic heterocycles. The van der Waals surface area contributed by atoms with Crippen LogP contribution in [0.2, 0.25) is 0 Å². The molecule has 0 spiro atoms. The minimum absolute atomic E-state index is 0.115. The van der Waals surface area contributed by atoms with Crippen molar-refractivity contribution in [2.24, 2.45) is 51.8 Å². The van der Waals surface area contributed by atoms with Gasteiger partial charge in [0, 0.05) is 17.3 Å². The van der Waals surface area contributed by atoms with E-state index in [-0.39, 0.29) is 16.2 Å². The number of terminal acetylenes is 1. The fourth-order valence-electron chi connectivity index (χ4n) is 13.4. The molecule has 1 N–H and O–H groups in total. The molecule has 5 saturated carbocycles. The van der Waals surface area contributed by atoms with Crippen LogP contribution in [0.5, 0.6) is 0 Å². The first-order valence-electron chi connectivity index (χ1n) is 19.0. The van der Waals surface area contributed by atoms with Gasteiger partial charge in [-0.15, -0.1) is 6.42 Å². The van der Waals surface area contributed by atoms with Crippen LogP contribution >= 0.6 is 0 Å². The summed E-state index contributed by atoms with van der Waals surface area (Å²) in [7, 11) is 0. The number of hydrogen-bond acceptors (Lipinski definition) is 3. The predicted molar refractivity (Wildman–Crippen MR) is 186 cm³/mol. The second-order valence-corrected chi connectivity index (χ2v) is 17.3.